The number of aliphatic hydroxyl groups is 1. The number of aliphatic hydroxyl groups excluding tert-OH is 1. The summed E-state index contributed by atoms with van der Waals surface area (Å²) < 4.78 is 5.67. The molecule has 1 N–H and O–H groups in total. The van der Waals surface area contributed by atoms with Gasteiger partial charge in [0.1, 0.15) is 0 Å². The largest absolute Gasteiger partial charge is 0.392 e. The van der Waals surface area contributed by atoms with E-state index in [2.05, 4.69) is 13.0 Å². The van der Waals surface area contributed by atoms with Gasteiger partial charge in [0.25, 0.3) is 0 Å². The van der Waals surface area contributed by atoms with Gasteiger partial charge >= 0.3 is 0 Å². The number of rotatable bonds is 4. The summed E-state index contributed by atoms with van der Waals surface area (Å²) in [6, 6.07) is 4.11. The Morgan fingerprint density at radius 2 is 2.23 bits per heavy atom. The van der Waals surface area contributed by atoms with E-state index in [0.717, 1.165) is 32.4 Å². The van der Waals surface area contributed by atoms with Crippen molar-refractivity contribution in [3.05, 3.63) is 22.4 Å². The number of nitrogens with zero attached hydrogens (tertiary/aromatic N) is 1. The fraction of sp³-hybridized carbons (Fsp3) is 0.706. The minimum atomic E-state index is -0.291. The van der Waals surface area contributed by atoms with Crippen molar-refractivity contribution in [2.75, 3.05) is 20.2 Å². The molecule has 2 aliphatic rings. The van der Waals surface area contributed by atoms with Crippen LogP contribution in [0.2, 0.25) is 0 Å². The van der Waals surface area contributed by atoms with Crippen LogP contribution in [0.5, 0.6) is 0 Å². The smallest absolute Gasteiger partial charge is 0.222 e. The van der Waals surface area contributed by atoms with Crippen LogP contribution in [0.1, 0.15) is 37.5 Å². The molecule has 0 unspecified atom stereocenters. The number of likely N-dealkylation sites (tertiary alicyclic amines) is 1. The lowest BCUT2D eigenvalue weighted by Crippen LogP contribution is -2.69. The number of carbonyl (C=O) groups excluding carboxylic acids is 1. The van der Waals surface area contributed by atoms with E-state index in [0.29, 0.717) is 12.8 Å². The number of carbonyl (C=O) groups is 1. The lowest BCUT2D eigenvalue weighted by atomic mass is 9.51. The summed E-state index contributed by atoms with van der Waals surface area (Å²) in [4.78, 5) is 15.6. The first-order chi connectivity index (χ1) is 10.5. The Morgan fingerprint density at radius 1 is 1.50 bits per heavy atom. The fourth-order valence-corrected chi connectivity index (χ4v) is 4.84. The standard InChI is InChI=1S/C17H25NO3S/c1-16(21-2)12-14(19)17(16)7-9-18(10-8-17)15(20)6-5-13-4-3-11-22-13/h3-4,11,14,19H,5-10,12H2,1-2H3/t14-,16+/m1/s1. The normalized spacial score (nSPS) is 30.3. The molecule has 0 aromatic carbocycles. The predicted octanol–water partition coefficient (Wildman–Crippen LogP) is 2.46. The van der Waals surface area contributed by atoms with Crippen LogP contribution in [0.25, 0.3) is 0 Å². The van der Waals surface area contributed by atoms with Crippen molar-refractivity contribution < 1.29 is 14.6 Å². The SMILES string of the molecule is CO[C@@]1(C)C[C@@H](O)C12CCN(C(=O)CCc1cccs1)CC2. The summed E-state index contributed by atoms with van der Waals surface area (Å²) in [6.45, 7) is 3.56. The molecular formula is C17H25NO3S. The second-order valence-electron chi connectivity index (χ2n) is 6.77. The van der Waals surface area contributed by atoms with Crippen molar-refractivity contribution in [2.24, 2.45) is 5.41 Å². The average molecular weight is 323 g/mol. The molecule has 22 heavy (non-hydrogen) atoms. The van der Waals surface area contributed by atoms with Gasteiger partial charge in [-0.25, -0.2) is 0 Å². The molecule has 1 aromatic heterocycles. The molecule has 1 aromatic rings. The van der Waals surface area contributed by atoms with Crippen LogP contribution in [0.15, 0.2) is 17.5 Å². The minimum absolute atomic E-state index is 0.160. The molecular weight excluding hydrogens is 298 g/mol. The Balaban J connectivity index is 1.54. The van der Waals surface area contributed by atoms with E-state index < -0.39 is 0 Å². The molecule has 4 nitrogen and oxygen atoms in total. The zero-order valence-electron chi connectivity index (χ0n) is 13.4. The first-order valence-corrected chi connectivity index (χ1v) is 8.92. The molecule has 1 saturated carbocycles. The van der Waals surface area contributed by atoms with Crippen molar-refractivity contribution in [1.82, 2.24) is 4.90 Å². The van der Waals surface area contributed by atoms with Gasteiger partial charge in [0.2, 0.25) is 5.91 Å². The van der Waals surface area contributed by atoms with Crippen LogP contribution in [-0.4, -0.2) is 47.8 Å². The Kier molecular flexibility index (Phi) is 4.32. The molecule has 1 aliphatic heterocycles. The number of methoxy groups -OCH3 is 1. The molecule has 2 heterocycles. The second kappa shape index (κ2) is 5.95. The molecule has 0 bridgehead atoms. The third kappa shape index (κ3) is 2.49. The van der Waals surface area contributed by atoms with E-state index in [1.165, 1.54) is 4.88 Å². The molecule has 1 aliphatic carbocycles. The zero-order chi connectivity index (χ0) is 15.8. The van der Waals surface area contributed by atoms with Crippen molar-refractivity contribution in [1.29, 1.82) is 0 Å². The van der Waals surface area contributed by atoms with Crippen molar-refractivity contribution >= 4 is 17.2 Å². The number of hydrogen-bond donors (Lipinski definition) is 1. The van der Waals surface area contributed by atoms with Gasteiger partial charge in [-0.1, -0.05) is 6.07 Å². The lowest BCUT2D eigenvalue weighted by Gasteiger charge is -2.62. The number of aryl methyl sites for hydroxylation is 1. The summed E-state index contributed by atoms with van der Waals surface area (Å²) in [6.07, 6.45) is 3.50. The van der Waals surface area contributed by atoms with E-state index in [1.54, 1.807) is 18.4 Å². The molecule has 3 rings (SSSR count). The van der Waals surface area contributed by atoms with Crippen LogP contribution in [0.3, 0.4) is 0 Å². The van der Waals surface area contributed by atoms with E-state index >= 15 is 0 Å². The van der Waals surface area contributed by atoms with Gasteiger partial charge in [0, 0.05) is 43.3 Å². The molecule has 5 heteroatoms. The summed E-state index contributed by atoms with van der Waals surface area (Å²) in [5.41, 5.74) is -0.398. The van der Waals surface area contributed by atoms with Gasteiger partial charge in [0.05, 0.1) is 11.7 Å². The fourth-order valence-electron chi connectivity index (χ4n) is 4.14. The highest BCUT2D eigenvalue weighted by Gasteiger charge is 2.63. The van der Waals surface area contributed by atoms with Crippen LogP contribution < -0.4 is 0 Å². The van der Waals surface area contributed by atoms with Gasteiger partial charge in [0.15, 0.2) is 0 Å². The number of piperidine rings is 1. The summed E-state index contributed by atoms with van der Waals surface area (Å²) in [5, 5.41) is 12.3. The quantitative estimate of drug-likeness (QED) is 0.926. The summed E-state index contributed by atoms with van der Waals surface area (Å²) in [5.74, 6) is 0.233. The number of amides is 1. The van der Waals surface area contributed by atoms with Crippen LogP contribution in [0, 0.1) is 5.41 Å². The Morgan fingerprint density at radius 3 is 2.77 bits per heavy atom. The van der Waals surface area contributed by atoms with E-state index in [-0.39, 0.29) is 23.0 Å². The number of ether oxygens (including phenoxy) is 1. The first-order valence-electron chi connectivity index (χ1n) is 8.04. The maximum atomic E-state index is 12.4. The lowest BCUT2D eigenvalue weighted by molar-refractivity contribution is -0.261. The van der Waals surface area contributed by atoms with Crippen molar-refractivity contribution in [3.63, 3.8) is 0 Å². The molecule has 1 spiro atoms. The average Bonchev–Trinajstić information content (AvgIpc) is 3.06. The highest BCUT2D eigenvalue weighted by Crippen LogP contribution is 2.57. The van der Waals surface area contributed by atoms with Gasteiger partial charge in [-0.15, -0.1) is 11.3 Å². The minimum Gasteiger partial charge on any atom is -0.392 e. The van der Waals surface area contributed by atoms with E-state index in [1.807, 2.05) is 16.3 Å². The summed E-state index contributed by atoms with van der Waals surface area (Å²) in [7, 11) is 1.73. The molecule has 2 atom stereocenters. The Hall–Kier alpha value is -0.910. The van der Waals surface area contributed by atoms with Crippen LogP contribution in [-0.2, 0) is 16.0 Å². The molecule has 1 saturated heterocycles. The van der Waals surface area contributed by atoms with Gasteiger partial charge < -0.3 is 14.7 Å². The monoisotopic (exact) mass is 323 g/mol. The van der Waals surface area contributed by atoms with Crippen LogP contribution >= 0.6 is 11.3 Å². The molecule has 2 fully saturated rings. The Labute approximate surface area is 136 Å². The highest BCUT2D eigenvalue weighted by molar-refractivity contribution is 7.09. The third-order valence-corrected chi connectivity index (χ3v) is 6.83. The third-order valence-electron chi connectivity index (χ3n) is 5.90. The molecule has 1 amide bonds. The van der Waals surface area contributed by atoms with Crippen molar-refractivity contribution in [2.45, 2.75) is 50.7 Å². The maximum Gasteiger partial charge on any atom is 0.222 e. The number of hydrogen-bond acceptors (Lipinski definition) is 4. The first kappa shape index (κ1) is 16.0. The highest BCUT2D eigenvalue weighted by atomic mass is 32.1. The topological polar surface area (TPSA) is 49.8 Å². The predicted molar refractivity (Wildman–Crippen MR) is 86.9 cm³/mol. The number of thiophene rings is 1. The summed E-state index contributed by atoms with van der Waals surface area (Å²) >= 11 is 1.71. The molecule has 122 valence electrons. The zero-order valence-corrected chi connectivity index (χ0v) is 14.2. The van der Waals surface area contributed by atoms with Crippen molar-refractivity contribution in [3.8, 4) is 0 Å². The maximum absolute atomic E-state index is 12.4. The van der Waals surface area contributed by atoms with E-state index in [9.17, 15) is 9.90 Å². The molecule has 0 radical (unpaired) electrons. The van der Waals surface area contributed by atoms with Gasteiger partial charge in [-0.05, 0) is 37.6 Å². The Bertz CT molecular complexity index is 522. The van der Waals surface area contributed by atoms with Gasteiger partial charge in [-0.2, -0.15) is 0 Å². The van der Waals surface area contributed by atoms with Gasteiger partial charge in [-0.3, -0.25) is 4.79 Å². The second-order valence-corrected chi connectivity index (χ2v) is 7.80. The van der Waals surface area contributed by atoms with Crippen LogP contribution in [0.4, 0.5) is 0 Å². The van der Waals surface area contributed by atoms with E-state index in [4.69, 9.17) is 4.74 Å².